The van der Waals surface area contributed by atoms with Crippen LogP contribution in [0.1, 0.15) is 29.7 Å². The first-order valence-electron chi connectivity index (χ1n) is 18.8. The minimum Gasteiger partial charge on any atom is -0.311 e. The van der Waals surface area contributed by atoms with Crippen molar-refractivity contribution in [1.82, 2.24) is 25.1 Å². The third-order valence-electron chi connectivity index (χ3n) is 11.7. The lowest BCUT2D eigenvalue weighted by molar-refractivity contribution is 0.161. The number of nitrogens with zero attached hydrogens (tertiary/aromatic N) is 2. The van der Waals surface area contributed by atoms with Crippen LogP contribution < -0.4 is 16.0 Å². The summed E-state index contributed by atoms with van der Waals surface area (Å²) in [6, 6.07) is 64.5. The Kier molecular flexibility index (Phi) is 6.39. The second-order valence-electron chi connectivity index (χ2n) is 14.7. The van der Waals surface area contributed by atoms with Crippen molar-refractivity contribution in [2.45, 2.75) is 18.6 Å². The van der Waals surface area contributed by atoms with E-state index < -0.39 is 0 Å². The summed E-state index contributed by atoms with van der Waals surface area (Å²) in [4.78, 5) is 0. The lowest BCUT2D eigenvalue weighted by Gasteiger charge is -2.40. The highest BCUT2D eigenvalue weighted by Gasteiger charge is 2.33. The Morgan fingerprint density at radius 1 is 0.370 bits per heavy atom. The van der Waals surface area contributed by atoms with Crippen molar-refractivity contribution in [3.05, 3.63) is 187 Å². The Morgan fingerprint density at radius 2 is 0.926 bits per heavy atom. The van der Waals surface area contributed by atoms with Crippen molar-refractivity contribution in [2.24, 2.45) is 0 Å². The molecular weight excluding hydrogens is 659 g/mol. The van der Waals surface area contributed by atoms with Crippen LogP contribution in [-0.2, 0) is 0 Å². The van der Waals surface area contributed by atoms with Crippen LogP contribution in [0, 0.1) is 0 Å². The largest absolute Gasteiger partial charge is 0.311 e. The molecule has 256 valence electrons. The molecule has 2 aliphatic heterocycles. The molecule has 54 heavy (non-hydrogen) atoms. The predicted octanol–water partition coefficient (Wildman–Crippen LogP) is 11.3. The van der Waals surface area contributed by atoms with E-state index in [1.165, 1.54) is 93.5 Å². The first kappa shape index (κ1) is 30.0. The molecule has 0 amide bonds. The van der Waals surface area contributed by atoms with Crippen molar-refractivity contribution in [1.29, 1.82) is 0 Å². The second-order valence-corrected chi connectivity index (χ2v) is 14.7. The van der Waals surface area contributed by atoms with Gasteiger partial charge in [-0.3, -0.25) is 16.0 Å². The quantitative estimate of drug-likeness (QED) is 0.173. The van der Waals surface area contributed by atoms with Crippen LogP contribution in [0.4, 0.5) is 0 Å². The van der Waals surface area contributed by atoms with E-state index in [1.54, 1.807) is 0 Å². The van der Waals surface area contributed by atoms with Crippen LogP contribution in [0.15, 0.2) is 176 Å². The van der Waals surface area contributed by atoms with E-state index in [2.05, 4.69) is 201 Å². The summed E-state index contributed by atoms with van der Waals surface area (Å²) in [5.41, 5.74) is 13.4. The van der Waals surface area contributed by atoms with E-state index in [4.69, 9.17) is 0 Å². The summed E-state index contributed by atoms with van der Waals surface area (Å²) >= 11 is 0. The molecule has 2 aliphatic rings. The molecule has 0 aliphatic carbocycles. The van der Waals surface area contributed by atoms with Crippen molar-refractivity contribution < 1.29 is 0 Å². The number of benzene rings is 8. The molecule has 2 aromatic heterocycles. The van der Waals surface area contributed by atoms with Crippen molar-refractivity contribution in [2.75, 3.05) is 0 Å². The number of rotatable bonds is 3. The molecule has 12 rings (SSSR count). The van der Waals surface area contributed by atoms with Crippen molar-refractivity contribution >= 4 is 54.4 Å². The highest BCUT2D eigenvalue weighted by atomic mass is 15.4. The van der Waals surface area contributed by atoms with Gasteiger partial charge in [-0.2, -0.15) is 0 Å². The number of hydrogen-bond donors (Lipinski definition) is 3. The third kappa shape index (κ3) is 4.32. The monoisotopic (exact) mass is 693 g/mol. The number of nitrogens with one attached hydrogen (secondary N) is 3. The number of fused-ring (bicyclic) bond motifs is 12. The smallest absolute Gasteiger partial charge is 0.142 e. The first-order valence-corrected chi connectivity index (χ1v) is 18.8. The predicted molar refractivity (Wildman–Crippen MR) is 223 cm³/mol. The summed E-state index contributed by atoms with van der Waals surface area (Å²) in [7, 11) is 0. The van der Waals surface area contributed by atoms with E-state index in [0.717, 1.165) is 0 Å². The van der Waals surface area contributed by atoms with Crippen LogP contribution in [0.2, 0.25) is 0 Å². The van der Waals surface area contributed by atoms with Crippen LogP contribution in [0.5, 0.6) is 0 Å². The van der Waals surface area contributed by atoms with Crippen LogP contribution in [-0.4, -0.2) is 9.13 Å². The molecule has 2 atom stereocenters. The minimum absolute atomic E-state index is 0.0915. The number of para-hydroxylation sites is 2. The fourth-order valence-corrected chi connectivity index (χ4v) is 9.33. The van der Waals surface area contributed by atoms with Crippen molar-refractivity contribution in [3.8, 4) is 27.9 Å². The van der Waals surface area contributed by atoms with Gasteiger partial charge in [-0.1, -0.05) is 146 Å². The molecule has 10 aromatic rings. The topological polar surface area (TPSA) is 46.0 Å². The molecule has 0 spiro atoms. The Balaban J connectivity index is 1.19. The SMILES string of the molecule is c1ccc(C2NC(c3ccccc3)NC(n3c4cc5c(cc4c4cc6ccccc6cc43)-n3c4ccccc4c4cccc(c43)-c3ccccc3-5)N2)cc1. The Bertz CT molecular complexity index is 3060. The molecule has 8 aromatic carbocycles. The summed E-state index contributed by atoms with van der Waals surface area (Å²) in [5.74, 6) is 0. The summed E-state index contributed by atoms with van der Waals surface area (Å²) < 4.78 is 5.03. The van der Waals surface area contributed by atoms with Crippen LogP contribution in [0.3, 0.4) is 0 Å². The standard InChI is InChI=1S/C49H35N5/c1-3-14-30(15-4-1)47-50-48(31-16-5-2-6-17-31)52-49(51-47)54-43-27-33-19-8-7-18-32(33)26-39(43)41-29-44-40(28-45(41)54)35-21-10-9-20-34(35)37-23-13-24-38-36-22-11-12-25-42(36)53(44)46(37)38/h1-29,47-52H. The average Bonchev–Trinajstić information content (AvgIpc) is 3.70. The molecule has 0 saturated carbocycles. The molecule has 5 nitrogen and oxygen atoms in total. The fraction of sp³-hybridized carbons (Fsp3) is 0.0612. The molecule has 1 saturated heterocycles. The van der Waals surface area contributed by atoms with Gasteiger partial charge in [0.25, 0.3) is 0 Å². The average molecular weight is 694 g/mol. The van der Waals surface area contributed by atoms with Gasteiger partial charge in [0.1, 0.15) is 6.29 Å². The summed E-state index contributed by atoms with van der Waals surface area (Å²) in [5, 5.41) is 19.3. The first-order chi connectivity index (χ1) is 26.8. The number of hydrogen-bond acceptors (Lipinski definition) is 3. The van der Waals surface area contributed by atoms with Crippen LogP contribution in [0.25, 0.3) is 82.3 Å². The van der Waals surface area contributed by atoms with E-state index in [0.29, 0.717) is 0 Å². The number of aromatic nitrogens is 2. The maximum absolute atomic E-state index is 4.00. The van der Waals surface area contributed by atoms with Crippen LogP contribution >= 0.6 is 0 Å². The highest BCUT2D eigenvalue weighted by Crippen LogP contribution is 2.49. The molecule has 5 heteroatoms. The molecule has 1 fully saturated rings. The molecule has 2 unspecified atom stereocenters. The van der Waals surface area contributed by atoms with Gasteiger partial charge >= 0.3 is 0 Å². The zero-order chi connectivity index (χ0) is 35.3. The van der Waals surface area contributed by atoms with Gasteiger partial charge in [0.2, 0.25) is 0 Å². The summed E-state index contributed by atoms with van der Waals surface area (Å²) in [6.45, 7) is 0. The van der Waals surface area contributed by atoms with Gasteiger partial charge < -0.3 is 9.13 Å². The molecule has 0 bridgehead atoms. The van der Waals surface area contributed by atoms with Gasteiger partial charge in [0, 0.05) is 32.7 Å². The molecule has 4 heterocycles. The van der Waals surface area contributed by atoms with Gasteiger partial charge in [-0.25, -0.2) is 0 Å². The van der Waals surface area contributed by atoms with Gasteiger partial charge in [0.15, 0.2) is 0 Å². The van der Waals surface area contributed by atoms with E-state index >= 15 is 0 Å². The minimum atomic E-state index is -0.238. The highest BCUT2D eigenvalue weighted by molar-refractivity contribution is 6.19. The van der Waals surface area contributed by atoms with Gasteiger partial charge in [-0.15, -0.1) is 0 Å². The zero-order valence-corrected chi connectivity index (χ0v) is 29.4. The zero-order valence-electron chi connectivity index (χ0n) is 29.4. The Hall–Kier alpha value is -6.50. The fourth-order valence-electron chi connectivity index (χ4n) is 9.33. The van der Waals surface area contributed by atoms with Crippen molar-refractivity contribution in [3.63, 3.8) is 0 Å². The van der Waals surface area contributed by atoms with Gasteiger partial charge in [0.05, 0.1) is 40.1 Å². The Morgan fingerprint density at radius 3 is 1.67 bits per heavy atom. The van der Waals surface area contributed by atoms with Gasteiger partial charge in [-0.05, 0) is 63.4 Å². The van der Waals surface area contributed by atoms with E-state index in [9.17, 15) is 0 Å². The Labute approximate surface area is 312 Å². The maximum Gasteiger partial charge on any atom is 0.142 e. The molecule has 3 N–H and O–H groups in total. The van der Waals surface area contributed by atoms with E-state index in [-0.39, 0.29) is 18.6 Å². The molecule has 0 radical (unpaired) electrons. The molecular formula is C49H35N5. The van der Waals surface area contributed by atoms with E-state index in [1.807, 2.05) is 0 Å². The lowest BCUT2D eigenvalue weighted by atomic mass is 9.93. The summed E-state index contributed by atoms with van der Waals surface area (Å²) in [6.07, 6.45) is -0.421. The second kappa shape index (κ2) is 11.5. The normalized spacial score (nSPS) is 18.0. The maximum atomic E-state index is 4.00. The lowest BCUT2D eigenvalue weighted by Crippen LogP contribution is -2.56. The third-order valence-corrected chi connectivity index (χ3v) is 11.7.